The molecule has 1 heterocycles. The van der Waals surface area contributed by atoms with E-state index in [1.54, 1.807) is 17.9 Å². The van der Waals surface area contributed by atoms with E-state index in [2.05, 4.69) is 187 Å². The Balaban J connectivity index is 0.000000413. The monoisotopic (exact) mass is 946 g/mol. The van der Waals surface area contributed by atoms with Crippen molar-refractivity contribution in [1.29, 1.82) is 5.41 Å². The first kappa shape index (κ1) is 52.5. The molecule has 2 nitrogen and oxygen atoms in total. The second-order valence-electron chi connectivity index (χ2n) is 19.0. The van der Waals surface area contributed by atoms with Crippen LogP contribution < -0.4 is 5.22 Å². The third kappa shape index (κ3) is 11.6. The van der Waals surface area contributed by atoms with Crippen molar-refractivity contribution in [2.75, 3.05) is 0 Å². The lowest BCUT2D eigenvalue weighted by molar-refractivity contribution is 0.586. The Hall–Kier alpha value is -7.29. The van der Waals surface area contributed by atoms with Crippen molar-refractivity contribution in [1.82, 2.24) is 0 Å². The normalized spacial score (nSPS) is 13.3. The fourth-order valence-electron chi connectivity index (χ4n) is 10.5. The van der Waals surface area contributed by atoms with Gasteiger partial charge in [-0.25, -0.2) is 0 Å². The molecule has 1 N–H and O–H groups in total. The van der Waals surface area contributed by atoms with E-state index >= 15 is 0 Å². The zero-order chi connectivity index (χ0) is 51.1. The van der Waals surface area contributed by atoms with Gasteiger partial charge in [0.1, 0.15) is 5.58 Å². The van der Waals surface area contributed by atoms with Crippen LogP contribution in [-0.2, 0) is 6.42 Å². The Labute approximate surface area is 431 Å². The maximum atomic E-state index is 7.88. The van der Waals surface area contributed by atoms with E-state index in [9.17, 15) is 0 Å². The lowest BCUT2D eigenvalue weighted by Gasteiger charge is -2.22. The molecule has 72 heavy (non-hydrogen) atoms. The van der Waals surface area contributed by atoms with Gasteiger partial charge < -0.3 is 9.83 Å². The van der Waals surface area contributed by atoms with Crippen molar-refractivity contribution in [2.45, 2.75) is 106 Å². The average Bonchev–Trinajstić information content (AvgIpc) is 3.41. The summed E-state index contributed by atoms with van der Waals surface area (Å²) in [5.74, 6) is 1.03. The highest BCUT2D eigenvalue weighted by molar-refractivity contribution is 6.23. The lowest BCUT2D eigenvalue weighted by atomic mass is 9.83. The summed E-state index contributed by atoms with van der Waals surface area (Å²) in [5.41, 5.74) is 18.2. The van der Waals surface area contributed by atoms with Crippen LogP contribution in [0.3, 0.4) is 0 Å². The molecule has 0 saturated heterocycles. The smallest absolute Gasteiger partial charge is 0.134 e. The van der Waals surface area contributed by atoms with E-state index in [0.29, 0.717) is 17.5 Å². The second-order valence-corrected chi connectivity index (χ2v) is 19.0. The van der Waals surface area contributed by atoms with Gasteiger partial charge in [-0.1, -0.05) is 231 Å². The minimum Gasteiger partial charge on any atom is -0.464 e. The van der Waals surface area contributed by atoms with Gasteiger partial charge in [0, 0.05) is 17.0 Å². The Kier molecular flexibility index (Phi) is 18.4. The van der Waals surface area contributed by atoms with Gasteiger partial charge in [-0.2, -0.15) is 0 Å². The summed E-state index contributed by atoms with van der Waals surface area (Å²) in [6.45, 7) is 25.4. The van der Waals surface area contributed by atoms with Crippen LogP contribution in [0, 0.1) is 18.3 Å². The molecule has 0 fully saturated rings. The summed E-state index contributed by atoms with van der Waals surface area (Å²) < 4.78 is 6.08. The highest BCUT2D eigenvalue weighted by Gasteiger charge is 2.20. The highest BCUT2D eigenvalue weighted by Crippen LogP contribution is 2.42. The van der Waals surface area contributed by atoms with Crippen molar-refractivity contribution < 1.29 is 4.42 Å². The van der Waals surface area contributed by atoms with Crippen LogP contribution in [0.2, 0.25) is 0 Å². The number of fused-ring (bicyclic) bond motifs is 4. The van der Waals surface area contributed by atoms with E-state index < -0.39 is 0 Å². The third-order valence-corrected chi connectivity index (χ3v) is 14.3. The molecule has 9 rings (SSSR count). The van der Waals surface area contributed by atoms with Gasteiger partial charge in [-0.05, 0) is 164 Å². The van der Waals surface area contributed by atoms with Gasteiger partial charge in [0.2, 0.25) is 0 Å². The molecular formula is C70H75NO. The summed E-state index contributed by atoms with van der Waals surface area (Å²) in [5, 5.41) is 14.8. The fraction of sp³-hybridized carbons (Fsp3) is 0.243. The molecule has 2 unspecified atom stereocenters. The number of nitrogens with one attached hydrogen (secondary N) is 1. The summed E-state index contributed by atoms with van der Waals surface area (Å²) in [7, 11) is 0. The SMILES string of the molecule is C=C/C(=C\C=C/C)C(=N)CC(C)CC.C=c1c2cccoc3cccc(c4c(-c5ccc(-c6c(C)cccc6-c6cccc(-c7cccc(C(CC)C8=CC=CCC8)c7)c6)c(CCC)c5)cccc24)c13.CC. The predicted octanol–water partition coefficient (Wildman–Crippen LogP) is 20.3. The van der Waals surface area contributed by atoms with E-state index in [4.69, 9.17) is 9.83 Å². The molecule has 0 spiro atoms. The Bertz CT molecular complexity index is 3380. The van der Waals surface area contributed by atoms with Gasteiger partial charge in [-0.15, -0.1) is 0 Å². The molecule has 2 heteroatoms. The van der Waals surface area contributed by atoms with Gasteiger partial charge in [-0.3, -0.25) is 0 Å². The molecule has 2 bridgehead atoms. The van der Waals surface area contributed by atoms with Crippen LogP contribution in [0.15, 0.2) is 204 Å². The average molecular weight is 946 g/mol. The van der Waals surface area contributed by atoms with Crippen LogP contribution in [0.1, 0.15) is 110 Å². The molecule has 2 atom stereocenters. The molecule has 1 aliphatic rings. The zero-order valence-electron chi connectivity index (χ0n) is 44.2. The van der Waals surface area contributed by atoms with E-state index in [1.165, 1.54) is 77.4 Å². The van der Waals surface area contributed by atoms with Gasteiger partial charge >= 0.3 is 0 Å². The second kappa shape index (κ2) is 25.2. The first-order chi connectivity index (χ1) is 35.2. The quantitative estimate of drug-likeness (QED) is 0.0621. The number of aryl methyl sites for hydroxylation is 2. The lowest BCUT2D eigenvalue weighted by Crippen LogP contribution is -2.05. The Morgan fingerprint density at radius 1 is 0.722 bits per heavy atom. The van der Waals surface area contributed by atoms with Crippen molar-refractivity contribution >= 4 is 44.8 Å². The number of hydrogen-bond donors (Lipinski definition) is 1. The van der Waals surface area contributed by atoms with Crippen LogP contribution in [0.5, 0.6) is 0 Å². The highest BCUT2D eigenvalue weighted by atomic mass is 16.3. The van der Waals surface area contributed by atoms with Gasteiger partial charge in [0.15, 0.2) is 0 Å². The van der Waals surface area contributed by atoms with Crippen molar-refractivity contribution in [3.8, 4) is 44.5 Å². The minimum absolute atomic E-state index is 0.454. The van der Waals surface area contributed by atoms with Crippen molar-refractivity contribution in [3.63, 3.8) is 0 Å². The number of hydrogen-bond acceptors (Lipinski definition) is 2. The largest absolute Gasteiger partial charge is 0.464 e. The maximum absolute atomic E-state index is 7.88. The van der Waals surface area contributed by atoms with Crippen LogP contribution >= 0.6 is 0 Å². The summed E-state index contributed by atoms with van der Waals surface area (Å²) in [6, 6.07) is 49.5. The van der Waals surface area contributed by atoms with Crippen LogP contribution in [0.4, 0.5) is 0 Å². The Morgan fingerprint density at radius 2 is 1.42 bits per heavy atom. The minimum atomic E-state index is 0.454. The zero-order valence-corrected chi connectivity index (χ0v) is 44.2. The van der Waals surface area contributed by atoms with Gasteiger partial charge in [0.25, 0.3) is 0 Å². The molecule has 366 valence electrons. The van der Waals surface area contributed by atoms with Crippen molar-refractivity contribution in [2.24, 2.45) is 5.92 Å². The molecule has 0 aliphatic heterocycles. The van der Waals surface area contributed by atoms with E-state index in [1.807, 2.05) is 51.1 Å². The summed E-state index contributed by atoms with van der Waals surface area (Å²) >= 11 is 0. The fourth-order valence-corrected chi connectivity index (χ4v) is 10.5. The first-order valence-electron chi connectivity index (χ1n) is 26.5. The molecule has 0 amide bonds. The third-order valence-electron chi connectivity index (χ3n) is 14.3. The Morgan fingerprint density at radius 3 is 2.15 bits per heavy atom. The molecule has 1 aliphatic carbocycles. The molecule has 7 aromatic carbocycles. The summed E-state index contributed by atoms with van der Waals surface area (Å²) in [6.07, 6.45) is 23.6. The standard InChI is InChI=1S/C55H48O.C13H21N.C2H6/c1-5-16-41-35-44(48-25-13-26-50-46-28-15-32-56-52-29-14-27-51(55(48)50)54(52)37(46)4)30-31-49(41)53-36(3)17-10-24-47(53)43-23-12-21-40(34-43)39-20-11-22-42(33-39)45(6-2)38-18-8-7-9-19-38;1-5-8-9-12(7-3)13(14)10-11(4)6-2;1-2/h7-8,10-15,17-18,20-35,45H,4-6,9,16,19H2,1-3H3;5,7-9,11,14H,3,6,10H2,1-2,4H3;1-2H3/b;8-5-,12-9+,14-13?;. The van der Waals surface area contributed by atoms with E-state index in [0.717, 1.165) is 72.1 Å². The maximum Gasteiger partial charge on any atom is 0.134 e. The topological polar surface area (TPSA) is 37.0 Å². The van der Waals surface area contributed by atoms with Crippen LogP contribution in [0.25, 0.3) is 83.6 Å². The number of rotatable bonds is 15. The number of allylic oxidation sites excluding steroid dienone is 9. The molecule has 0 radical (unpaired) electrons. The first-order valence-corrected chi connectivity index (χ1v) is 26.5. The summed E-state index contributed by atoms with van der Waals surface area (Å²) in [4.78, 5) is 0. The molecule has 1 aromatic heterocycles. The molecule has 0 saturated carbocycles. The number of benzene rings is 7. The van der Waals surface area contributed by atoms with Crippen molar-refractivity contribution in [3.05, 3.63) is 222 Å². The predicted molar refractivity (Wildman–Crippen MR) is 317 cm³/mol. The van der Waals surface area contributed by atoms with Crippen LogP contribution in [-0.4, -0.2) is 5.71 Å². The molecule has 8 aromatic rings. The van der Waals surface area contributed by atoms with E-state index in [-0.39, 0.29) is 0 Å². The molecular weight excluding hydrogens is 871 g/mol. The van der Waals surface area contributed by atoms with Gasteiger partial charge in [0.05, 0.1) is 6.26 Å².